The van der Waals surface area contributed by atoms with Crippen LogP contribution in [0.1, 0.15) is 30.9 Å². The van der Waals surface area contributed by atoms with Gasteiger partial charge >= 0.3 is 0 Å². The van der Waals surface area contributed by atoms with Crippen LogP contribution >= 0.6 is 0 Å². The number of ether oxygens (including phenoxy) is 2. The van der Waals surface area contributed by atoms with E-state index in [9.17, 15) is 0 Å². The molecule has 3 aromatic rings. The summed E-state index contributed by atoms with van der Waals surface area (Å²) in [5.41, 5.74) is 15.2. The van der Waals surface area contributed by atoms with Crippen LogP contribution < -0.4 is 26.3 Å². The third kappa shape index (κ3) is 4.71. The zero-order valence-corrected chi connectivity index (χ0v) is 19.0. The van der Waals surface area contributed by atoms with E-state index in [4.69, 9.17) is 26.0 Å². The molecule has 1 aliphatic rings. The molecule has 10 nitrogen and oxygen atoms in total. The number of benzene rings is 1. The van der Waals surface area contributed by atoms with E-state index in [1.165, 1.54) is 0 Å². The number of nitrogens with one attached hydrogen (secondary N) is 1. The molecule has 1 aromatic carbocycles. The summed E-state index contributed by atoms with van der Waals surface area (Å²) in [6.07, 6.45) is 3.99. The average molecular weight is 441 g/mol. The highest BCUT2D eigenvalue weighted by atomic mass is 16.5. The molecule has 2 aromatic heterocycles. The Morgan fingerprint density at radius 1 is 1.12 bits per heavy atom. The maximum atomic E-state index is 5.91. The molecule has 1 aliphatic heterocycles. The van der Waals surface area contributed by atoms with E-state index >= 15 is 0 Å². The lowest BCUT2D eigenvalue weighted by molar-refractivity contribution is 0.142. The standard InChI is InChI=1S/C22H32N8O2/c1-4-5-6-25-21-20-17(26-22(24)27-21)13-30(28-20)12-16-18(31-2)7-14(8-19(16)32-3)9-29-10-15(23)11-29/h7-8,13,15H,4-6,9-12,23H2,1-3H3,(H3,24,25,26,27). The number of methoxy groups -OCH3 is 2. The summed E-state index contributed by atoms with van der Waals surface area (Å²) in [5, 5.41) is 8.04. The first-order valence-electron chi connectivity index (χ1n) is 11.0. The van der Waals surface area contributed by atoms with E-state index < -0.39 is 0 Å². The van der Waals surface area contributed by atoms with Gasteiger partial charge in [-0.2, -0.15) is 10.1 Å². The van der Waals surface area contributed by atoms with Gasteiger partial charge in [0.05, 0.1) is 32.5 Å². The Balaban J connectivity index is 1.61. The number of aromatic nitrogens is 4. The Labute approximate surface area is 187 Å². The molecule has 1 fully saturated rings. The zero-order chi connectivity index (χ0) is 22.7. The van der Waals surface area contributed by atoms with Crippen molar-refractivity contribution in [2.75, 3.05) is 44.9 Å². The van der Waals surface area contributed by atoms with Crippen LogP contribution in [0.25, 0.3) is 11.0 Å². The van der Waals surface area contributed by atoms with Gasteiger partial charge in [0.15, 0.2) is 11.3 Å². The topological polar surface area (TPSA) is 129 Å². The molecule has 172 valence electrons. The van der Waals surface area contributed by atoms with Crippen LogP contribution in [0.15, 0.2) is 18.3 Å². The summed E-state index contributed by atoms with van der Waals surface area (Å²) in [5.74, 6) is 2.40. The molecule has 0 amide bonds. The third-order valence-corrected chi connectivity index (χ3v) is 5.63. The number of nitrogens with zero attached hydrogens (tertiary/aromatic N) is 5. The number of likely N-dealkylation sites (tertiary alicyclic amines) is 1. The fourth-order valence-electron chi connectivity index (χ4n) is 4.01. The third-order valence-electron chi connectivity index (χ3n) is 5.63. The van der Waals surface area contributed by atoms with E-state index in [1.807, 2.05) is 10.9 Å². The van der Waals surface area contributed by atoms with Crippen molar-refractivity contribution in [1.29, 1.82) is 0 Å². The van der Waals surface area contributed by atoms with Crippen molar-refractivity contribution in [2.45, 2.75) is 38.9 Å². The molecule has 4 rings (SSSR count). The molecular weight excluding hydrogens is 408 g/mol. The number of fused-ring (bicyclic) bond motifs is 1. The normalized spacial score (nSPS) is 14.5. The Kier molecular flexibility index (Phi) is 6.61. The molecule has 32 heavy (non-hydrogen) atoms. The zero-order valence-electron chi connectivity index (χ0n) is 19.0. The average Bonchev–Trinajstić information content (AvgIpc) is 3.15. The Bertz CT molecular complexity index is 1050. The molecule has 0 unspecified atom stereocenters. The molecule has 0 spiro atoms. The number of rotatable bonds is 10. The van der Waals surface area contributed by atoms with Crippen molar-refractivity contribution in [3.63, 3.8) is 0 Å². The highest BCUT2D eigenvalue weighted by Gasteiger charge is 2.24. The van der Waals surface area contributed by atoms with Crippen LogP contribution in [0.2, 0.25) is 0 Å². The van der Waals surface area contributed by atoms with Gasteiger partial charge in [-0.05, 0) is 24.1 Å². The van der Waals surface area contributed by atoms with Gasteiger partial charge < -0.3 is 26.3 Å². The first-order chi connectivity index (χ1) is 15.5. The number of anilines is 2. The minimum absolute atomic E-state index is 0.223. The highest BCUT2D eigenvalue weighted by molar-refractivity contribution is 5.85. The molecule has 10 heteroatoms. The largest absolute Gasteiger partial charge is 0.496 e. The second kappa shape index (κ2) is 9.58. The molecule has 0 radical (unpaired) electrons. The molecule has 0 bridgehead atoms. The lowest BCUT2D eigenvalue weighted by Crippen LogP contribution is -2.54. The first-order valence-corrected chi connectivity index (χ1v) is 11.0. The lowest BCUT2D eigenvalue weighted by Gasteiger charge is -2.37. The maximum absolute atomic E-state index is 5.91. The minimum Gasteiger partial charge on any atom is -0.496 e. The van der Waals surface area contributed by atoms with E-state index in [0.717, 1.165) is 61.6 Å². The number of unbranched alkanes of at least 4 members (excludes halogenated alkanes) is 1. The van der Waals surface area contributed by atoms with Crippen LogP contribution in [0, 0.1) is 0 Å². The summed E-state index contributed by atoms with van der Waals surface area (Å²) in [4.78, 5) is 11.0. The van der Waals surface area contributed by atoms with Crippen LogP contribution in [0.4, 0.5) is 11.8 Å². The van der Waals surface area contributed by atoms with Gasteiger partial charge in [-0.3, -0.25) is 9.58 Å². The number of hydrogen-bond acceptors (Lipinski definition) is 9. The van der Waals surface area contributed by atoms with Crippen molar-refractivity contribution in [3.8, 4) is 11.5 Å². The van der Waals surface area contributed by atoms with Crippen LogP contribution in [0.5, 0.6) is 11.5 Å². The lowest BCUT2D eigenvalue weighted by atomic mass is 10.0. The van der Waals surface area contributed by atoms with Gasteiger partial charge in [0.1, 0.15) is 17.0 Å². The smallest absolute Gasteiger partial charge is 0.222 e. The summed E-state index contributed by atoms with van der Waals surface area (Å²) < 4.78 is 13.2. The van der Waals surface area contributed by atoms with Crippen molar-refractivity contribution in [2.24, 2.45) is 5.73 Å². The fourth-order valence-corrected chi connectivity index (χ4v) is 4.01. The Hall–Kier alpha value is -3.11. The number of nitrogens with two attached hydrogens (primary N) is 2. The van der Waals surface area contributed by atoms with Gasteiger partial charge in [-0.15, -0.1) is 0 Å². The van der Waals surface area contributed by atoms with E-state index in [1.54, 1.807) is 14.2 Å². The van der Waals surface area contributed by atoms with Gasteiger partial charge in [-0.25, -0.2) is 4.98 Å². The molecular formula is C22H32N8O2. The summed E-state index contributed by atoms with van der Waals surface area (Å²) >= 11 is 0. The second-order valence-electron chi connectivity index (χ2n) is 8.20. The SMILES string of the molecule is CCCCNc1nc(N)nc2cn(Cc3c(OC)cc(CN4CC(N)C4)cc3OC)nc12. The molecule has 5 N–H and O–H groups in total. The fraction of sp³-hybridized carbons (Fsp3) is 0.500. The summed E-state index contributed by atoms with van der Waals surface area (Å²) in [6.45, 7) is 6.04. The van der Waals surface area contributed by atoms with E-state index in [2.05, 4.69) is 39.2 Å². The molecule has 3 heterocycles. The van der Waals surface area contributed by atoms with Gasteiger partial charge in [0.2, 0.25) is 5.95 Å². The maximum Gasteiger partial charge on any atom is 0.222 e. The quantitative estimate of drug-likeness (QED) is 0.404. The molecule has 0 aliphatic carbocycles. The van der Waals surface area contributed by atoms with Crippen LogP contribution in [-0.4, -0.2) is 64.5 Å². The van der Waals surface area contributed by atoms with Crippen molar-refractivity contribution in [3.05, 3.63) is 29.5 Å². The first kappa shape index (κ1) is 22.1. The monoisotopic (exact) mass is 440 g/mol. The molecule has 1 saturated heterocycles. The highest BCUT2D eigenvalue weighted by Crippen LogP contribution is 2.33. The van der Waals surface area contributed by atoms with E-state index in [-0.39, 0.29) is 12.0 Å². The summed E-state index contributed by atoms with van der Waals surface area (Å²) in [6, 6.07) is 4.38. The van der Waals surface area contributed by atoms with Crippen molar-refractivity contribution >= 4 is 22.8 Å². The van der Waals surface area contributed by atoms with Crippen LogP contribution in [-0.2, 0) is 13.1 Å². The Morgan fingerprint density at radius 2 is 1.84 bits per heavy atom. The number of hydrogen-bond donors (Lipinski definition) is 3. The van der Waals surface area contributed by atoms with Gasteiger partial charge in [0, 0.05) is 32.2 Å². The second-order valence-corrected chi connectivity index (χ2v) is 8.20. The molecule has 0 saturated carbocycles. The van der Waals surface area contributed by atoms with Crippen molar-refractivity contribution < 1.29 is 9.47 Å². The Morgan fingerprint density at radius 3 is 2.47 bits per heavy atom. The minimum atomic E-state index is 0.223. The van der Waals surface area contributed by atoms with Crippen molar-refractivity contribution in [1.82, 2.24) is 24.6 Å². The van der Waals surface area contributed by atoms with Gasteiger partial charge in [0.25, 0.3) is 0 Å². The number of nitrogen functional groups attached to an aromatic ring is 1. The predicted molar refractivity (Wildman–Crippen MR) is 125 cm³/mol. The van der Waals surface area contributed by atoms with E-state index in [0.29, 0.717) is 23.4 Å². The summed E-state index contributed by atoms with van der Waals surface area (Å²) in [7, 11) is 3.34. The van der Waals surface area contributed by atoms with Crippen LogP contribution in [0.3, 0.4) is 0 Å². The molecule has 0 atom stereocenters. The van der Waals surface area contributed by atoms with Gasteiger partial charge in [-0.1, -0.05) is 13.3 Å². The predicted octanol–water partition coefficient (Wildman–Crippen LogP) is 1.83.